The van der Waals surface area contributed by atoms with Crippen LogP contribution in [0.3, 0.4) is 0 Å². The molecular weight excluding hydrogens is 298 g/mol. The van der Waals surface area contributed by atoms with Gasteiger partial charge in [-0.2, -0.15) is 5.10 Å². The Morgan fingerprint density at radius 2 is 2.00 bits per heavy atom. The summed E-state index contributed by atoms with van der Waals surface area (Å²) in [4.78, 5) is 1.19. The van der Waals surface area contributed by atoms with Crippen molar-refractivity contribution < 1.29 is 0 Å². The highest BCUT2D eigenvalue weighted by Gasteiger charge is 2.12. The average Bonchev–Trinajstić information content (AvgIpc) is 2.57. The molecule has 0 saturated heterocycles. The molecule has 90 valence electrons. The van der Waals surface area contributed by atoms with Gasteiger partial charge < -0.3 is 5.73 Å². The summed E-state index contributed by atoms with van der Waals surface area (Å²) in [6.45, 7) is 2.52. The van der Waals surface area contributed by atoms with Crippen LogP contribution in [0.25, 0.3) is 0 Å². The van der Waals surface area contributed by atoms with Gasteiger partial charge in [-0.25, -0.2) is 0 Å². The lowest BCUT2D eigenvalue weighted by Gasteiger charge is -2.05. The fraction of sp³-hybridized carbons (Fsp3) is 0.250. The molecule has 1 aromatic heterocycles. The smallest absolute Gasteiger partial charge is 0.103 e. The second-order valence-electron chi connectivity index (χ2n) is 3.75. The monoisotopic (exact) mass is 311 g/mol. The van der Waals surface area contributed by atoms with Gasteiger partial charge in [0.15, 0.2) is 0 Å². The lowest BCUT2D eigenvalue weighted by molar-refractivity contribution is 0.688. The molecule has 0 amide bonds. The summed E-state index contributed by atoms with van der Waals surface area (Å²) in [7, 11) is 1.95. The predicted octanol–water partition coefficient (Wildman–Crippen LogP) is 3.10. The molecule has 2 rings (SSSR count). The van der Waals surface area contributed by atoms with Gasteiger partial charge in [0.1, 0.15) is 5.03 Å². The third-order valence-corrected chi connectivity index (χ3v) is 4.26. The number of aromatic nitrogens is 2. The highest BCUT2D eigenvalue weighted by molar-refractivity contribution is 9.10. The van der Waals surface area contributed by atoms with E-state index in [2.05, 4.69) is 33.2 Å². The van der Waals surface area contributed by atoms with E-state index in [4.69, 9.17) is 5.73 Å². The molecule has 3 nitrogen and oxygen atoms in total. The summed E-state index contributed by atoms with van der Waals surface area (Å²) in [5.74, 6) is 0. The highest BCUT2D eigenvalue weighted by Crippen LogP contribution is 2.31. The van der Waals surface area contributed by atoms with E-state index in [9.17, 15) is 0 Å². The zero-order valence-corrected chi connectivity index (χ0v) is 12.2. The van der Waals surface area contributed by atoms with E-state index in [1.54, 1.807) is 11.8 Å². The first kappa shape index (κ1) is 12.7. The van der Waals surface area contributed by atoms with Gasteiger partial charge in [-0.15, -0.1) is 0 Å². The van der Waals surface area contributed by atoms with E-state index in [1.807, 2.05) is 30.8 Å². The maximum Gasteiger partial charge on any atom is 0.103 e. The van der Waals surface area contributed by atoms with Gasteiger partial charge in [0.2, 0.25) is 0 Å². The molecule has 0 atom stereocenters. The Balaban J connectivity index is 2.32. The Morgan fingerprint density at radius 1 is 1.35 bits per heavy atom. The Bertz CT molecular complexity index is 519. The van der Waals surface area contributed by atoms with Gasteiger partial charge in [-0.1, -0.05) is 27.7 Å². The number of nitrogens with zero attached hydrogens (tertiary/aromatic N) is 2. The van der Waals surface area contributed by atoms with Crippen LogP contribution >= 0.6 is 27.7 Å². The molecule has 0 fully saturated rings. The van der Waals surface area contributed by atoms with Crippen molar-refractivity contribution in [3.63, 3.8) is 0 Å². The van der Waals surface area contributed by atoms with E-state index in [0.717, 1.165) is 20.8 Å². The van der Waals surface area contributed by atoms with Crippen LogP contribution < -0.4 is 5.73 Å². The number of rotatable bonds is 3. The Kier molecular flexibility index (Phi) is 3.91. The molecule has 0 spiro atoms. The van der Waals surface area contributed by atoms with Crippen molar-refractivity contribution in [2.24, 2.45) is 12.8 Å². The van der Waals surface area contributed by atoms with Gasteiger partial charge in [0, 0.05) is 28.5 Å². The topological polar surface area (TPSA) is 43.8 Å². The van der Waals surface area contributed by atoms with Crippen molar-refractivity contribution in [3.05, 3.63) is 40.0 Å². The first-order chi connectivity index (χ1) is 8.11. The summed E-state index contributed by atoms with van der Waals surface area (Å²) in [6.07, 6.45) is 0. The average molecular weight is 312 g/mol. The number of benzene rings is 1. The van der Waals surface area contributed by atoms with Crippen LogP contribution in [-0.4, -0.2) is 9.78 Å². The first-order valence-corrected chi connectivity index (χ1v) is 6.88. The molecule has 0 bridgehead atoms. The van der Waals surface area contributed by atoms with E-state index in [-0.39, 0.29) is 0 Å². The van der Waals surface area contributed by atoms with Crippen LogP contribution in [0.4, 0.5) is 0 Å². The predicted molar refractivity (Wildman–Crippen MR) is 74.1 cm³/mol. The summed E-state index contributed by atoms with van der Waals surface area (Å²) >= 11 is 5.13. The number of hydrogen-bond donors (Lipinski definition) is 1. The van der Waals surface area contributed by atoms with E-state index in [1.165, 1.54) is 4.90 Å². The lowest BCUT2D eigenvalue weighted by atomic mass is 10.3. The van der Waals surface area contributed by atoms with E-state index in [0.29, 0.717) is 6.54 Å². The minimum absolute atomic E-state index is 0.526. The largest absolute Gasteiger partial charge is 0.326 e. The minimum Gasteiger partial charge on any atom is -0.326 e. The molecule has 0 aliphatic heterocycles. The maximum absolute atomic E-state index is 5.77. The van der Waals surface area contributed by atoms with Crippen LogP contribution in [0, 0.1) is 6.92 Å². The van der Waals surface area contributed by atoms with E-state index < -0.39 is 0 Å². The van der Waals surface area contributed by atoms with Crippen LogP contribution in [-0.2, 0) is 13.6 Å². The Hall–Kier alpha value is -0.780. The summed E-state index contributed by atoms with van der Waals surface area (Å²) in [5.41, 5.74) is 7.90. The standard InChI is InChI=1S/C12H14BrN3S/c1-8-11(7-14)12(16(2)15-8)17-10-5-3-9(13)4-6-10/h3-6H,7,14H2,1-2H3. The van der Waals surface area contributed by atoms with Gasteiger partial charge in [-0.05, 0) is 31.2 Å². The molecule has 0 aliphatic carbocycles. The number of nitrogens with two attached hydrogens (primary N) is 1. The van der Waals surface area contributed by atoms with Crippen LogP contribution in [0.2, 0.25) is 0 Å². The number of hydrogen-bond acceptors (Lipinski definition) is 3. The quantitative estimate of drug-likeness (QED) is 0.947. The number of halogens is 1. The third-order valence-electron chi connectivity index (χ3n) is 2.52. The molecule has 0 saturated carbocycles. The third kappa shape index (κ3) is 2.73. The Morgan fingerprint density at radius 3 is 2.59 bits per heavy atom. The zero-order valence-electron chi connectivity index (χ0n) is 9.77. The second-order valence-corrected chi connectivity index (χ2v) is 5.73. The summed E-state index contributed by atoms with van der Waals surface area (Å²) in [5, 5.41) is 5.52. The van der Waals surface area contributed by atoms with E-state index >= 15 is 0 Å². The van der Waals surface area contributed by atoms with Crippen LogP contribution in [0.1, 0.15) is 11.3 Å². The normalized spacial score (nSPS) is 10.8. The van der Waals surface area contributed by atoms with Gasteiger partial charge in [-0.3, -0.25) is 4.68 Å². The molecule has 1 aromatic carbocycles. The molecule has 17 heavy (non-hydrogen) atoms. The molecule has 1 heterocycles. The molecule has 0 unspecified atom stereocenters. The van der Waals surface area contributed by atoms with Gasteiger partial charge >= 0.3 is 0 Å². The molecule has 2 aromatic rings. The molecule has 0 radical (unpaired) electrons. The second kappa shape index (κ2) is 5.25. The van der Waals surface area contributed by atoms with Crippen molar-refractivity contribution >= 4 is 27.7 Å². The van der Waals surface area contributed by atoms with Crippen molar-refractivity contribution in [2.75, 3.05) is 0 Å². The van der Waals surface area contributed by atoms with Crippen molar-refractivity contribution in [2.45, 2.75) is 23.4 Å². The van der Waals surface area contributed by atoms with Crippen molar-refractivity contribution in [1.29, 1.82) is 0 Å². The summed E-state index contributed by atoms with van der Waals surface area (Å²) < 4.78 is 2.98. The van der Waals surface area contributed by atoms with Crippen LogP contribution in [0.15, 0.2) is 38.7 Å². The SMILES string of the molecule is Cc1nn(C)c(Sc2ccc(Br)cc2)c1CN. The highest BCUT2D eigenvalue weighted by atomic mass is 79.9. The van der Waals surface area contributed by atoms with Crippen molar-refractivity contribution in [3.8, 4) is 0 Å². The van der Waals surface area contributed by atoms with Crippen LogP contribution in [0.5, 0.6) is 0 Å². The van der Waals surface area contributed by atoms with Gasteiger partial charge in [0.05, 0.1) is 5.69 Å². The molecule has 0 aliphatic rings. The number of aryl methyl sites for hydroxylation is 2. The first-order valence-electron chi connectivity index (χ1n) is 5.27. The minimum atomic E-state index is 0.526. The molecule has 5 heteroatoms. The fourth-order valence-electron chi connectivity index (χ4n) is 1.66. The van der Waals surface area contributed by atoms with Crippen molar-refractivity contribution in [1.82, 2.24) is 9.78 Å². The maximum atomic E-state index is 5.77. The summed E-state index contributed by atoms with van der Waals surface area (Å²) in [6, 6.07) is 8.23. The zero-order chi connectivity index (χ0) is 12.4. The fourth-order valence-corrected chi connectivity index (χ4v) is 2.94. The Labute approximate surface area is 114 Å². The van der Waals surface area contributed by atoms with Gasteiger partial charge in [0.25, 0.3) is 0 Å². The molecule has 2 N–H and O–H groups in total. The molecular formula is C12H14BrN3S. The lowest BCUT2D eigenvalue weighted by Crippen LogP contribution is -1.99.